The Balaban J connectivity index is 0.00000529. The van der Waals surface area contributed by atoms with Crippen LogP contribution < -0.4 is 20.5 Å². The number of nitrogens with two attached hydrogens (primary N) is 1. The van der Waals surface area contributed by atoms with E-state index in [1.807, 2.05) is 39.0 Å². The summed E-state index contributed by atoms with van der Waals surface area (Å²) in [5.74, 6) is 1.55. The maximum atomic E-state index is 12.1. The monoisotopic (exact) mass is 358 g/mol. The van der Waals surface area contributed by atoms with E-state index >= 15 is 0 Å². The fraction of sp³-hybridized carbons (Fsp3) is 0.611. The lowest BCUT2D eigenvalue weighted by Gasteiger charge is -2.21. The molecule has 0 aromatic heterocycles. The Labute approximate surface area is 151 Å². The number of amides is 1. The van der Waals surface area contributed by atoms with E-state index in [1.54, 1.807) is 7.11 Å². The summed E-state index contributed by atoms with van der Waals surface area (Å²) in [6, 6.07) is 5.42. The Morgan fingerprint density at radius 2 is 1.79 bits per heavy atom. The van der Waals surface area contributed by atoms with Crippen LogP contribution >= 0.6 is 12.4 Å². The van der Waals surface area contributed by atoms with Crippen molar-refractivity contribution in [2.45, 2.75) is 46.7 Å². The molecule has 0 bridgehead atoms. The number of rotatable bonds is 8. The van der Waals surface area contributed by atoms with Crippen molar-refractivity contribution in [3.63, 3.8) is 0 Å². The molecule has 0 saturated heterocycles. The molecule has 0 aliphatic carbocycles. The summed E-state index contributed by atoms with van der Waals surface area (Å²) < 4.78 is 11.1. The van der Waals surface area contributed by atoms with Crippen LogP contribution in [0.4, 0.5) is 0 Å². The van der Waals surface area contributed by atoms with Gasteiger partial charge in [0.1, 0.15) is 0 Å². The zero-order chi connectivity index (χ0) is 17.6. The number of hydrogen-bond donors (Lipinski definition) is 2. The Kier molecular flexibility index (Phi) is 9.78. The fourth-order valence-electron chi connectivity index (χ4n) is 2.00. The molecule has 0 fully saturated rings. The smallest absolute Gasteiger partial charge is 0.224 e. The Morgan fingerprint density at radius 1 is 1.17 bits per heavy atom. The van der Waals surface area contributed by atoms with E-state index in [4.69, 9.17) is 15.2 Å². The van der Waals surface area contributed by atoms with Crippen molar-refractivity contribution >= 4 is 18.3 Å². The van der Waals surface area contributed by atoms with Crippen LogP contribution in [-0.2, 0) is 4.79 Å². The van der Waals surface area contributed by atoms with Gasteiger partial charge in [-0.15, -0.1) is 12.4 Å². The highest BCUT2D eigenvalue weighted by atomic mass is 35.5. The van der Waals surface area contributed by atoms with E-state index in [1.165, 1.54) is 0 Å². The van der Waals surface area contributed by atoms with Gasteiger partial charge in [-0.1, -0.05) is 26.8 Å². The topological polar surface area (TPSA) is 73.6 Å². The maximum absolute atomic E-state index is 12.1. The summed E-state index contributed by atoms with van der Waals surface area (Å²) in [6.07, 6.45) is 0. The highest BCUT2D eigenvalue weighted by Gasteiger charge is 2.20. The van der Waals surface area contributed by atoms with E-state index in [2.05, 4.69) is 19.2 Å². The van der Waals surface area contributed by atoms with Gasteiger partial charge < -0.3 is 20.5 Å². The summed E-state index contributed by atoms with van der Waals surface area (Å²) in [5, 5.41) is 2.98. The van der Waals surface area contributed by atoms with E-state index in [0.29, 0.717) is 24.0 Å². The SMILES string of the molecule is COc1cc(C(C)NC(=O)C(C)C(C)N)ccc1OCC(C)C.Cl. The van der Waals surface area contributed by atoms with Crippen LogP contribution in [0, 0.1) is 11.8 Å². The zero-order valence-electron chi connectivity index (χ0n) is 15.5. The molecule has 1 aromatic carbocycles. The average Bonchev–Trinajstić information content (AvgIpc) is 2.51. The van der Waals surface area contributed by atoms with Crippen molar-refractivity contribution in [1.29, 1.82) is 0 Å². The van der Waals surface area contributed by atoms with Gasteiger partial charge in [0.05, 0.1) is 19.8 Å². The summed E-state index contributed by atoms with van der Waals surface area (Å²) >= 11 is 0. The number of hydrogen-bond acceptors (Lipinski definition) is 4. The van der Waals surface area contributed by atoms with Crippen LogP contribution in [0.2, 0.25) is 0 Å². The molecule has 0 heterocycles. The van der Waals surface area contributed by atoms with Gasteiger partial charge >= 0.3 is 0 Å². The van der Waals surface area contributed by atoms with E-state index in [-0.39, 0.29) is 36.3 Å². The minimum atomic E-state index is -0.229. The number of methoxy groups -OCH3 is 1. The molecule has 5 nitrogen and oxygen atoms in total. The zero-order valence-corrected chi connectivity index (χ0v) is 16.3. The molecule has 3 unspecified atom stereocenters. The van der Waals surface area contributed by atoms with Gasteiger partial charge in [-0.25, -0.2) is 0 Å². The van der Waals surface area contributed by atoms with Gasteiger partial charge in [-0.3, -0.25) is 4.79 Å². The molecular weight excluding hydrogens is 328 g/mol. The summed E-state index contributed by atoms with van der Waals surface area (Å²) in [7, 11) is 1.61. The quantitative estimate of drug-likeness (QED) is 0.747. The summed E-state index contributed by atoms with van der Waals surface area (Å²) in [6.45, 7) is 10.4. The molecular formula is C18H31ClN2O3. The lowest BCUT2D eigenvalue weighted by atomic mass is 10.0. The molecule has 24 heavy (non-hydrogen) atoms. The Bertz CT molecular complexity index is 521. The molecule has 1 aromatic rings. The van der Waals surface area contributed by atoms with Gasteiger partial charge in [-0.2, -0.15) is 0 Å². The normalized spacial score (nSPS) is 14.3. The second-order valence-electron chi connectivity index (χ2n) is 6.49. The lowest BCUT2D eigenvalue weighted by Crippen LogP contribution is -2.39. The van der Waals surface area contributed by atoms with Crippen LogP contribution in [0.1, 0.15) is 46.2 Å². The highest BCUT2D eigenvalue weighted by molar-refractivity contribution is 5.85. The molecule has 0 radical (unpaired) electrons. The van der Waals surface area contributed by atoms with Crippen LogP contribution in [0.5, 0.6) is 11.5 Å². The van der Waals surface area contributed by atoms with Crippen LogP contribution in [-0.4, -0.2) is 25.7 Å². The first kappa shape index (κ1) is 22.5. The molecule has 0 saturated carbocycles. The first-order valence-corrected chi connectivity index (χ1v) is 8.13. The van der Waals surface area contributed by atoms with Gasteiger partial charge in [0.25, 0.3) is 0 Å². The predicted octanol–water partition coefficient (Wildman–Crippen LogP) is 3.31. The van der Waals surface area contributed by atoms with E-state index in [9.17, 15) is 4.79 Å². The van der Waals surface area contributed by atoms with E-state index in [0.717, 1.165) is 5.56 Å². The number of nitrogens with one attached hydrogen (secondary N) is 1. The number of benzene rings is 1. The summed E-state index contributed by atoms with van der Waals surface area (Å²) in [5.41, 5.74) is 6.74. The molecule has 3 atom stereocenters. The van der Waals surface area contributed by atoms with Crippen molar-refractivity contribution < 1.29 is 14.3 Å². The molecule has 0 aliphatic heterocycles. The van der Waals surface area contributed by atoms with Crippen molar-refractivity contribution in [2.24, 2.45) is 17.6 Å². The largest absolute Gasteiger partial charge is 0.493 e. The van der Waals surface area contributed by atoms with Gasteiger partial charge in [0.15, 0.2) is 11.5 Å². The third-order valence-electron chi connectivity index (χ3n) is 3.82. The minimum Gasteiger partial charge on any atom is -0.493 e. The second kappa shape index (κ2) is 10.4. The summed E-state index contributed by atoms with van der Waals surface area (Å²) in [4.78, 5) is 12.1. The average molecular weight is 359 g/mol. The van der Waals surface area contributed by atoms with Crippen molar-refractivity contribution in [3.8, 4) is 11.5 Å². The molecule has 1 amide bonds. The third kappa shape index (κ3) is 6.57. The number of carbonyl (C=O) groups excluding carboxylic acids is 1. The van der Waals surface area contributed by atoms with Gasteiger partial charge in [0.2, 0.25) is 5.91 Å². The Hall–Kier alpha value is -1.46. The van der Waals surface area contributed by atoms with Crippen molar-refractivity contribution in [2.75, 3.05) is 13.7 Å². The molecule has 6 heteroatoms. The van der Waals surface area contributed by atoms with Gasteiger partial charge in [-0.05, 0) is 37.5 Å². The maximum Gasteiger partial charge on any atom is 0.224 e. The second-order valence-corrected chi connectivity index (χ2v) is 6.49. The number of carbonyl (C=O) groups is 1. The fourth-order valence-corrected chi connectivity index (χ4v) is 2.00. The molecule has 138 valence electrons. The van der Waals surface area contributed by atoms with Crippen LogP contribution in [0.25, 0.3) is 0 Å². The lowest BCUT2D eigenvalue weighted by molar-refractivity contribution is -0.125. The first-order chi connectivity index (χ1) is 10.8. The number of halogens is 1. The molecule has 0 aliphatic rings. The predicted molar refractivity (Wildman–Crippen MR) is 99.9 cm³/mol. The van der Waals surface area contributed by atoms with Crippen molar-refractivity contribution in [3.05, 3.63) is 23.8 Å². The molecule has 1 rings (SSSR count). The van der Waals surface area contributed by atoms with E-state index < -0.39 is 0 Å². The standard InChI is InChI=1S/C18H30N2O3.ClH/c1-11(2)10-23-16-8-7-15(9-17(16)22-6)14(5)20-18(21)12(3)13(4)19;/h7-9,11-14H,10,19H2,1-6H3,(H,20,21);1H. The first-order valence-electron chi connectivity index (χ1n) is 8.13. The van der Waals surface area contributed by atoms with Gasteiger partial charge in [0, 0.05) is 12.0 Å². The minimum absolute atomic E-state index is 0. The third-order valence-corrected chi connectivity index (χ3v) is 3.82. The van der Waals surface area contributed by atoms with Crippen LogP contribution in [0.15, 0.2) is 18.2 Å². The molecule has 0 spiro atoms. The van der Waals surface area contributed by atoms with Crippen molar-refractivity contribution in [1.82, 2.24) is 5.32 Å². The molecule has 3 N–H and O–H groups in total. The Morgan fingerprint density at radius 3 is 2.29 bits per heavy atom. The highest BCUT2D eigenvalue weighted by Crippen LogP contribution is 2.30. The van der Waals surface area contributed by atoms with Crippen LogP contribution in [0.3, 0.4) is 0 Å². The number of ether oxygens (including phenoxy) is 2.